The molecule has 0 aromatic heterocycles. The van der Waals surface area contributed by atoms with E-state index in [1.807, 2.05) is 36.4 Å². The van der Waals surface area contributed by atoms with E-state index in [9.17, 15) is 24.3 Å². The summed E-state index contributed by atoms with van der Waals surface area (Å²) in [7, 11) is 0. The standard InChI is InChI=1S/C25H32N4O5/c1-16(2)22(29-23(31)19(26)13-17-9-5-3-6-10-17)24(32)27-15-21(30)28-20(25(33)34)14-18-11-7-4-8-12-18/h3-12,16,19-20,22H,13-15,26H2,1-2H3,(H,27,32)(H,28,30)(H,29,31)(H,33,34). The van der Waals surface area contributed by atoms with Crippen molar-refractivity contribution in [3.05, 3.63) is 71.8 Å². The summed E-state index contributed by atoms with van der Waals surface area (Å²) in [5, 5.41) is 16.9. The van der Waals surface area contributed by atoms with E-state index in [1.54, 1.807) is 38.1 Å². The number of nitrogens with one attached hydrogen (secondary N) is 3. The van der Waals surface area contributed by atoms with E-state index >= 15 is 0 Å². The van der Waals surface area contributed by atoms with E-state index in [-0.39, 0.29) is 12.3 Å². The molecule has 0 fully saturated rings. The van der Waals surface area contributed by atoms with Crippen LogP contribution in [0.15, 0.2) is 60.7 Å². The molecule has 182 valence electrons. The Morgan fingerprint density at radius 1 is 0.824 bits per heavy atom. The monoisotopic (exact) mass is 468 g/mol. The summed E-state index contributed by atoms with van der Waals surface area (Å²) in [5.74, 6) is -3.12. The number of carbonyl (C=O) groups is 4. The van der Waals surface area contributed by atoms with Crippen molar-refractivity contribution in [1.82, 2.24) is 16.0 Å². The lowest BCUT2D eigenvalue weighted by molar-refractivity contribution is -0.141. The van der Waals surface area contributed by atoms with Crippen molar-refractivity contribution >= 4 is 23.7 Å². The van der Waals surface area contributed by atoms with E-state index in [0.717, 1.165) is 11.1 Å². The summed E-state index contributed by atoms with van der Waals surface area (Å²) in [4.78, 5) is 49.0. The van der Waals surface area contributed by atoms with Crippen LogP contribution in [0.2, 0.25) is 0 Å². The van der Waals surface area contributed by atoms with Crippen LogP contribution < -0.4 is 21.7 Å². The van der Waals surface area contributed by atoms with Gasteiger partial charge in [-0.1, -0.05) is 74.5 Å². The molecule has 34 heavy (non-hydrogen) atoms. The largest absolute Gasteiger partial charge is 0.480 e. The molecule has 0 saturated carbocycles. The Morgan fingerprint density at radius 3 is 1.85 bits per heavy atom. The first-order valence-electron chi connectivity index (χ1n) is 11.1. The summed E-state index contributed by atoms with van der Waals surface area (Å²) in [5.41, 5.74) is 7.66. The highest BCUT2D eigenvalue weighted by Crippen LogP contribution is 2.06. The number of carbonyl (C=O) groups excluding carboxylic acids is 3. The van der Waals surface area contributed by atoms with Gasteiger partial charge in [-0.2, -0.15) is 0 Å². The average Bonchev–Trinajstić information content (AvgIpc) is 2.81. The maximum atomic E-state index is 12.7. The number of carboxylic acids is 1. The molecule has 0 spiro atoms. The minimum atomic E-state index is -1.18. The van der Waals surface area contributed by atoms with Gasteiger partial charge in [0.15, 0.2) is 0 Å². The molecule has 0 aliphatic carbocycles. The van der Waals surface area contributed by atoms with Crippen LogP contribution in [0.3, 0.4) is 0 Å². The molecule has 3 amide bonds. The summed E-state index contributed by atoms with van der Waals surface area (Å²) >= 11 is 0. The van der Waals surface area contributed by atoms with Crippen LogP contribution in [0, 0.1) is 5.92 Å². The van der Waals surface area contributed by atoms with Gasteiger partial charge in [0.2, 0.25) is 17.7 Å². The minimum Gasteiger partial charge on any atom is -0.480 e. The van der Waals surface area contributed by atoms with Crippen molar-refractivity contribution in [3.8, 4) is 0 Å². The zero-order valence-electron chi connectivity index (χ0n) is 19.4. The van der Waals surface area contributed by atoms with Crippen molar-refractivity contribution in [3.63, 3.8) is 0 Å². The van der Waals surface area contributed by atoms with Gasteiger partial charge in [0.25, 0.3) is 0 Å². The third-order valence-corrected chi connectivity index (χ3v) is 5.22. The van der Waals surface area contributed by atoms with Crippen LogP contribution in [0.25, 0.3) is 0 Å². The van der Waals surface area contributed by atoms with Gasteiger partial charge in [0.1, 0.15) is 12.1 Å². The van der Waals surface area contributed by atoms with Crippen LogP contribution in [-0.4, -0.2) is 53.5 Å². The van der Waals surface area contributed by atoms with Crippen LogP contribution in [-0.2, 0) is 32.0 Å². The Labute approximate surface area is 199 Å². The van der Waals surface area contributed by atoms with E-state index in [2.05, 4.69) is 16.0 Å². The van der Waals surface area contributed by atoms with Crippen molar-refractivity contribution in [2.24, 2.45) is 11.7 Å². The molecule has 0 aliphatic rings. The van der Waals surface area contributed by atoms with Gasteiger partial charge in [-0.25, -0.2) is 4.79 Å². The molecule has 9 nitrogen and oxygen atoms in total. The van der Waals surface area contributed by atoms with E-state index in [1.165, 1.54) is 0 Å². The van der Waals surface area contributed by atoms with E-state index in [4.69, 9.17) is 5.73 Å². The Morgan fingerprint density at radius 2 is 1.35 bits per heavy atom. The molecule has 0 radical (unpaired) electrons. The van der Waals surface area contributed by atoms with Crippen LogP contribution in [0.5, 0.6) is 0 Å². The zero-order valence-corrected chi connectivity index (χ0v) is 19.4. The number of rotatable bonds is 12. The highest BCUT2D eigenvalue weighted by Gasteiger charge is 2.27. The molecule has 2 rings (SSSR count). The van der Waals surface area contributed by atoms with Gasteiger partial charge in [0, 0.05) is 6.42 Å². The van der Waals surface area contributed by atoms with Crippen LogP contribution >= 0.6 is 0 Å². The molecule has 0 bridgehead atoms. The fourth-order valence-electron chi connectivity index (χ4n) is 3.33. The summed E-state index contributed by atoms with van der Waals surface area (Å²) in [6.07, 6.45) is 0.430. The number of carboxylic acid groups (broad SMARTS) is 1. The molecule has 3 atom stereocenters. The predicted octanol–water partition coefficient (Wildman–Crippen LogP) is 0.626. The summed E-state index contributed by atoms with van der Waals surface area (Å²) in [6, 6.07) is 15.3. The van der Waals surface area contributed by atoms with Crippen LogP contribution in [0.1, 0.15) is 25.0 Å². The SMILES string of the molecule is CC(C)C(NC(=O)C(N)Cc1ccccc1)C(=O)NCC(=O)NC(Cc1ccccc1)C(=O)O. The molecule has 0 aliphatic heterocycles. The molecule has 2 aromatic carbocycles. The van der Waals surface area contributed by atoms with Crippen LogP contribution in [0.4, 0.5) is 0 Å². The second-order valence-corrected chi connectivity index (χ2v) is 8.39. The third-order valence-electron chi connectivity index (χ3n) is 5.22. The van der Waals surface area contributed by atoms with Gasteiger partial charge in [0.05, 0.1) is 12.6 Å². The number of aliphatic carboxylic acids is 1. The molecule has 9 heteroatoms. The second kappa shape index (κ2) is 13.1. The maximum Gasteiger partial charge on any atom is 0.326 e. The first-order valence-corrected chi connectivity index (χ1v) is 11.1. The van der Waals surface area contributed by atoms with E-state index in [0.29, 0.717) is 6.42 Å². The van der Waals surface area contributed by atoms with Gasteiger partial charge >= 0.3 is 5.97 Å². The lowest BCUT2D eigenvalue weighted by Crippen LogP contribution is -2.55. The van der Waals surface area contributed by atoms with Crippen molar-refractivity contribution in [2.75, 3.05) is 6.54 Å². The number of nitrogens with two attached hydrogens (primary N) is 1. The quantitative estimate of drug-likeness (QED) is 0.308. The van der Waals surface area contributed by atoms with E-state index < -0.39 is 48.4 Å². The van der Waals surface area contributed by atoms with Crippen molar-refractivity contribution < 1.29 is 24.3 Å². The van der Waals surface area contributed by atoms with Gasteiger partial charge in [-0.15, -0.1) is 0 Å². The lowest BCUT2D eigenvalue weighted by Gasteiger charge is -2.23. The fourth-order valence-corrected chi connectivity index (χ4v) is 3.33. The summed E-state index contributed by atoms with van der Waals surface area (Å²) in [6.45, 7) is 3.09. The molecule has 6 N–H and O–H groups in total. The smallest absolute Gasteiger partial charge is 0.326 e. The maximum absolute atomic E-state index is 12.7. The second-order valence-electron chi connectivity index (χ2n) is 8.39. The first-order chi connectivity index (χ1) is 16.2. The molecule has 3 unspecified atom stereocenters. The average molecular weight is 469 g/mol. The molecule has 0 saturated heterocycles. The Balaban J connectivity index is 1.88. The number of hydrogen-bond acceptors (Lipinski definition) is 5. The van der Waals surface area contributed by atoms with Crippen molar-refractivity contribution in [1.29, 1.82) is 0 Å². The van der Waals surface area contributed by atoms with Gasteiger partial charge < -0.3 is 26.8 Å². The van der Waals surface area contributed by atoms with Crippen molar-refractivity contribution in [2.45, 2.75) is 44.8 Å². The number of benzene rings is 2. The minimum absolute atomic E-state index is 0.111. The summed E-state index contributed by atoms with van der Waals surface area (Å²) < 4.78 is 0. The number of amides is 3. The zero-order chi connectivity index (χ0) is 25.1. The topological polar surface area (TPSA) is 151 Å². The fraction of sp³-hybridized carbons (Fsp3) is 0.360. The molecule has 2 aromatic rings. The lowest BCUT2D eigenvalue weighted by atomic mass is 10.0. The Hall–Kier alpha value is -3.72. The van der Waals surface area contributed by atoms with Gasteiger partial charge in [-0.05, 0) is 23.5 Å². The third kappa shape index (κ3) is 8.67. The highest BCUT2D eigenvalue weighted by atomic mass is 16.4. The molecular formula is C25H32N4O5. The highest BCUT2D eigenvalue weighted by molar-refractivity contribution is 5.92. The Kier molecular flexibility index (Phi) is 10.2. The first kappa shape index (κ1) is 26.5. The predicted molar refractivity (Wildman–Crippen MR) is 128 cm³/mol. The Bertz CT molecular complexity index is 966. The normalized spacial score (nSPS) is 13.4. The van der Waals surface area contributed by atoms with Gasteiger partial charge in [-0.3, -0.25) is 14.4 Å². The molecule has 0 heterocycles. The molecular weight excluding hydrogens is 436 g/mol. The number of hydrogen-bond donors (Lipinski definition) is 5.